The molecule has 0 spiro atoms. The number of hydrogen-bond acceptors (Lipinski definition) is 5. The molecule has 1 heterocycles. The van der Waals surface area contributed by atoms with Crippen LogP contribution >= 0.6 is 0 Å². The molecule has 7 nitrogen and oxygen atoms in total. The summed E-state index contributed by atoms with van der Waals surface area (Å²) in [6.07, 6.45) is 3.58. The molecule has 0 aliphatic carbocycles. The fourth-order valence-electron chi connectivity index (χ4n) is 2.87. The van der Waals surface area contributed by atoms with E-state index in [1.54, 1.807) is 42.7 Å². The van der Waals surface area contributed by atoms with Gasteiger partial charge in [-0.15, -0.1) is 0 Å². The third-order valence-corrected chi connectivity index (χ3v) is 4.49. The topological polar surface area (TPSA) is 92.6 Å². The van der Waals surface area contributed by atoms with E-state index in [9.17, 15) is 9.59 Å². The Bertz CT molecular complexity index is 986. The Morgan fingerprint density at radius 2 is 1.90 bits per heavy atom. The van der Waals surface area contributed by atoms with E-state index in [1.165, 1.54) is 0 Å². The van der Waals surface area contributed by atoms with Gasteiger partial charge in [-0.2, -0.15) is 0 Å². The molecule has 3 N–H and O–H groups in total. The number of unbranched alkanes of at least 4 members (excludes halogenated alkanes) is 1. The Morgan fingerprint density at radius 1 is 1.03 bits per heavy atom. The van der Waals surface area contributed by atoms with Crippen LogP contribution in [-0.2, 0) is 11.3 Å². The Hall–Kier alpha value is -3.74. The first-order chi connectivity index (χ1) is 15.2. The van der Waals surface area contributed by atoms with Crippen molar-refractivity contribution in [3.05, 3.63) is 78.3 Å². The van der Waals surface area contributed by atoms with Gasteiger partial charge in [0.25, 0.3) is 5.91 Å². The summed E-state index contributed by atoms with van der Waals surface area (Å²) in [4.78, 5) is 24.7. The summed E-state index contributed by atoms with van der Waals surface area (Å²) in [6.45, 7) is 3.11. The van der Waals surface area contributed by atoms with Gasteiger partial charge >= 0.3 is 0 Å². The molecule has 0 aliphatic rings. The molecule has 0 fully saturated rings. The minimum Gasteiger partial charge on any atom is -0.491 e. The largest absolute Gasteiger partial charge is 0.491 e. The molecule has 2 aromatic carbocycles. The number of rotatable bonds is 11. The molecule has 0 radical (unpaired) electrons. The highest BCUT2D eigenvalue weighted by molar-refractivity contribution is 5.98. The first-order valence-electron chi connectivity index (χ1n) is 10.3. The van der Waals surface area contributed by atoms with Crippen molar-refractivity contribution < 1.29 is 18.7 Å². The maximum absolute atomic E-state index is 12.4. The number of carbonyl (C=O) groups excluding carboxylic acids is 2. The van der Waals surface area contributed by atoms with Gasteiger partial charge in [-0.3, -0.25) is 9.59 Å². The second-order valence-corrected chi connectivity index (χ2v) is 6.94. The molecular formula is C24H27N3O4. The van der Waals surface area contributed by atoms with Crippen LogP contribution in [0.2, 0.25) is 0 Å². The van der Waals surface area contributed by atoms with Crippen molar-refractivity contribution >= 4 is 23.2 Å². The first-order valence-corrected chi connectivity index (χ1v) is 10.3. The molecule has 1 aromatic heterocycles. The van der Waals surface area contributed by atoms with Gasteiger partial charge < -0.3 is 25.1 Å². The molecule has 2 amide bonds. The van der Waals surface area contributed by atoms with Crippen LogP contribution in [0.15, 0.2) is 71.3 Å². The molecular weight excluding hydrogens is 394 g/mol. The molecule has 0 unspecified atom stereocenters. The van der Waals surface area contributed by atoms with Crippen LogP contribution < -0.4 is 20.7 Å². The average Bonchev–Trinajstić information content (AvgIpc) is 3.31. The van der Waals surface area contributed by atoms with Crippen molar-refractivity contribution in [2.24, 2.45) is 0 Å². The smallest absolute Gasteiger partial charge is 0.251 e. The summed E-state index contributed by atoms with van der Waals surface area (Å²) >= 11 is 0. The number of hydrogen-bond donors (Lipinski definition) is 3. The predicted octanol–water partition coefficient (Wildman–Crippen LogP) is 4.44. The van der Waals surface area contributed by atoms with E-state index >= 15 is 0 Å². The minimum absolute atomic E-state index is 0.0725. The molecule has 3 rings (SSSR count). The number of nitrogens with one attached hydrogen (secondary N) is 3. The molecule has 3 aromatic rings. The normalized spacial score (nSPS) is 10.4. The first kappa shape index (κ1) is 22.0. The summed E-state index contributed by atoms with van der Waals surface area (Å²) in [6, 6.07) is 17.9. The zero-order chi connectivity index (χ0) is 21.9. The van der Waals surface area contributed by atoms with Crippen LogP contribution in [0.3, 0.4) is 0 Å². The number of furan rings is 1. The lowest BCUT2D eigenvalue weighted by Gasteiger charge is -2.13. The zero-order valence-electron chi connectivity index (χ0n) is 17.5. The monoisotopic (exact) mass is 421 g/mol. The molecule has 0 bridgehead atoms. The summed E-state index contributed by atoms with van der Waals surface area (Å²) in [7, 11) is 0. The molecule has 0 saturated heterocycles. The fourth-order valence-corrected chi connectivity index (χ4v) is 2.87. The van der Waals surface area contributed by atoms with E-state index < -0.39 is 0 Å². The zero-order valence-corrected chi connectivity index (χ0v) is 17.5. The number of carbonyl (C=O) groups is 2. The lowest BCUT2D eigenvalue weighted by Crippen LogP contribution is -2.24. The summed E-state index contributed by atoms with van der Waals surface area (Å²) in [5.74, 6) is 0.919. The highest BCUT2D eigenvalue weighted by Gasteiger charge is 2.10. The second kappa shape index (κ2) is 11.4. The Kier molecular flexibility index (Phi) is 8.11. The number of ether oxygens (including phenoxy) is 1. The van der Waals surface area contributed by atoms with Gasteiger partial charge in [0.2, 0.25) is 5.91 Å². The van der Waals surface area contributed by atoms with Crippen LogP contribution in [0, 0.1) is 0 Å². The van der Waals surface area contributed by atoms with E-state index in [0.29, 0.717) is 30.2 Å². The molecule has 0 saturated carbocycles. The maximum Gasteiger partial charge on any atom is 0.251 e. The van der Waals surface area contributed by atoms with Gasteiger partial charge in [0, 0.05) is 11.3 Å². The average molecular weight is 421 g/mol. The van der Waals surface area contributed by atoms with E-state index in [-0.39, 0.29) is 18.4 Å². The van der Waals surface area contributed by atoms with Crippen molar-refractivity contribution in [1.82, 2.24) is 5.32 Å². The van der Waals surface area contributed by atoms with E-state index in [0.717, 1.165) is 24.3 Å². The van der Waals surface area contributed by atoms with Crippen LogP contribution in [0.25, 0.3) is 0 Å². The SMILES string of the molecule is CCCCOc1ccccc1NCC(=O)Nc1cccc(C(=O)NCc2ccco2)c1. The van der Waals surface area contributed by atoms with E-state index in [4.69, 9.17) is 9.15 Å². The van der Waals surface area contributed by atoms with Crippen LogP contribution in [0.4, 0.5) is 11.4 Å². The van der Waals surface area contributed by atoms with Crippen molar-refractivity contribution in [3.8, 4) is 5.75 Å². The predicted molar refractivity (Wildman–Crippen MR) is 120 cm³/mol. The Morgan fingerprint density at radius 3 is 2.71 bits per heavy atom. The number of amides is 2. The molecule has 162 valence electrons. The number of para-hydroxylation sites is 2. The highest BCUT2D eigenvalue weighted by atomic mass is 16.5. The van der Waals surface area contributed by atoms with Crippen molar-refractivity contribution in [2.45, 2.75) is 26.3 Å². The summed E-state index contributed by atoms with van der Waals surface area (Å²) < 4.78 is 11.0. The van der Waals surface area contributed by atoms with Gasteiger partial charge in [-0.25, -0.2) is 0 Å². The molecule has 31 heavy (non-hydrogen) atoms. The van der Waals surface area contributed by atoms with Gasteiger partial charge in [0.15, 0.2) is 0 Å². The quantitative estimate of drug-likeness (QED) is 0.398. The maximum atomic E-state index is 12.4. The lowest BCUT2D eigenvalue weighted by molar-refractivity contribution is -0.114. The van der Waals surface area contributed by atoms with Crippen LogP contribution in [0.1, 0.15) is 35.9 Å². The van der Waals surface area contributed by atoms with Gasteiger partial charge in [0.1, 0.15) is 11.5 Å². The summed E-state index contributed by atoms with van der Waals surface area (Å²) in [5.41, 5.74) is 1.76. The van der Waals surface area contributed by atoms with E-state index in [1.807, 2.05) is 24.3 Å². The summed E-state index contributed by atoms with van der Waals surface area (Å²) in [5, 5.41) is 8.70. The third kappa shape index (κ3) is 6.92. The van der Waals surface area contributed by atoms with Gasteiger partial charge in [-0.05, 0) is 48.9 Å². The lowest BCUT2D eigenvalue weighted by atomic mass is 10.2. The van der Waals surface area contributed by atoms with Crippen LogP contribution in [0.5, 0.6) is 5.75 Å². The highest BCUT2D eigenvalue weighted by Crippen LogP contribution is 2.23. The van der Waals surface area contributed by atoms with E-state index in [2.05, 4.69) is 22.9 Å². The van der Waals surface area contributed by atoms with Crippen LogP contribution in [-0.4, -0.2) is 25.0 Å². The number of benzene rings is 2. The minimum atomic E-state index is -0.247. The van der Waals surface area contributed by atoms with Gasteiger partial charge in [0.05, 0.1) is 31.6 Å². The number of anilines is 2. The standard InChI is InChI=1S/C24H27N3O4/c1-2-3-13-31-22-12-5-4-11-21(22)25-17-23(28)27-19-9-6-8-18(15-19)24(29)26-16-20-10-7-14-30-20/h4-12,14-15,25H,2-3,13,16-17H2,1H3,(H,26,29)(H,27,28). The third-order valence-electron chi connectivity index (χ3n) is 4.49. The molecule has 7 heteroatoms. The Labute approximate surface area is 181 Å². The van der Waals surface area contributed by atoms with Gasteiger partial charge in [-0.1, -0.05) is 31.5 Å². The fraction of sp³-hybridized carbons (Fsp3) is 0.250. The Balaban J connectivity index is 1.52. The molecule has 0 atom stereocenters. The van der Waals surface area contributed by atoms with Crippen molar-refractivity contribution in [1.29, 1.82) is 0 Å². The van der Waals surface area contributed by atoms with Crippen molar-refractivity contribution in [3.63, 3.8) is 0 Å². The second-order valence-electron chi connectivity index (χ2n) is 6.94. The molecule has 0 aliphatic heterocycles. The van der Waals surface area contributed by atoms with Crippen molar-refractivity contribution in [2.75, 3.05) is 23.8 Å².